The largest absolute Gasteiger partial charge is 0.390 e. The van der Waals surface area contributed by atoms with Crippen molar-refractivity contribution in [2.45, 2.75) is 13.5 Å². The molecule has 5 heteroatoms. The SMILES string of the molecule is Cc1ccc2nc(-c3ccc(Cl)c(Cl)c3)c(CO)n2c1. The Balaban J connectivity index is 2.27. The minimum absolute atomic E-state index is 0.0970. The molecule has 0 fully saturated rings. The molecule has 0 bridgehead atoms. The number of nitrogens with zero attached hydrogens (tertiary/aromatic N) is 2. The molecule has 1 N–H and O–H groups in total. The van der Waals surface area contributed by atoms with E-state index >= 15 is 0 Å². The molecule has 0 saturated heterocycles. The summed E-state index contributed by atoms with van der Waals surface area (Å²) in [6.45, 7) is 1.90. The van der Waals surface area contributed by atoms with E-state index in [0.29, 0.717) is 10.0 Å². The summed E-state index contributed by atoms with van der Waals surface area (Å²) in [5, 5.41) is 10.6. The van der Waals surface area contributed by atoms with Gasteiger partial charge in [0.25, 0.3) is 0 Å². The van der Waals surface area contributed by atoms with E-state index in [1.807, 2.05) is 35.7 Å². The third-order valence-corrected chi connectivity index (χ3v) is 3.95. The Bertz CT molecular complexity index is 796. The van der Waals surface area contributed by atoms with Gasteiger partial charge >= 0.3 is 0 Å². The highest BCUT2D eigenvalue weighted by atomic mass is 35.5. The lowest BCUT2D eigenvalue weighted by molar-refractivity contribution is 0.276. The maximum Gasteiger partial charge on any atom is 0.137 e. The van der Waals surface area contributed by atoms with Crippen molar-refractivity contribution in [3.63, 3.8) is 0 Å². The highest BCUT2D eigenvalue weighted by Gasteiger charge is 2.14. The molecule has 0 aliphatic rings. The van der Waals surface area contributed by atoms with Crippen LogP contribution in [0.2, 0.25) is 10.0 Å². The van der Waals surface area contributed by atoms with Crippen LogP contribution in [0, 0.1) is 6.92 Å². The third kappa shape index (κ3) is 2.18. The smallest absolute Gasteiger partial charge is 0.137 e. The average molecular weight is 307 g/mol. The van der Waals surface area contributed by atoms with Crippen molar-refractivity contribution < 1.29 is 5.11 Å². The molecule has 0 aliphatic heterocycles. The lowest BCUT2D eigenvalue weighted by Gasteiger charge is -2.04. The quantitative estimate of drug-likeness (QED) is 0.773. The Morgan fingerprint density at radius 1 is 1.15 bits per heavy atom. The first-order valence-electron chi connectivity index (χ1n) is 6.14. The molecule has 20 heavy (non-hydrogen) atoms. The molecule has 102 valence electrons. The van der Waals surface area contributed by atoms with E-state index in [1.54, 1.807) is 12.1 Å². The van der Waals surface area contributed by atoms with Gasteiger partial charge in [0.15, 0.2) is 0 Å². The molecular weight excluding hydrogens is 295 g/mol. The second kappa shape index (κ2) is 5.09. The van der Waals surface area contributed by atoms with Crippen LogP contribution in [-0.4, -0.2) is 14.5 Å². The maximum atomic E-state index is 9.66. The summed E-state index contributed by atoms with van der Waals surface area (Å²) >= 11 is 12.0. The number of hydrogen-bond acceptors (Lipinski definition) is 2. The van der Waals surface area contributed by atoms with Gasteiger partial charge in [-0.05, 0) is 30.7 Å². The molecule has 1 aromatic carbocycles. The summed E-state index contributed by atoms with van der Waals surface area (Å²) in [6, 6.07) is 9.26. The molecule has 0 unspecified atom stereocenters. The molecule has 3 nitrogen and oxygen atoms in total. The first-order chi connectivity index (χ1) is 9.60. The molecule has 0 saturated carbocycles. The molecule has 0 aliphatic carbocycles. The highest BCUT2D eigenvalue weighted by Crippen LogP contribution is 2.30. The van der Waals surface area contributed by atoms with Crippen molar-refractivity contribution in [2.24, 2.45) is 0 Å². The van der Waals surface area contributed by atoms with Crippen LogP contribution in [0.15, 0.2) is 36.5 Å². The van der Waals surface area contributed by atoms with E-state index in [0.717, 1.165) is 28.2 Å². The maximum absolute atomic E-state index is 9.66. The lowest BCUT2D eigenvalue weighted by Crippen LogP contribution is -1.94. The number of aliphatic hydroxyl groups excluding tert-OH is 1. The monoisotopic (exact) mass is 306 g/mol. The zero-order valence-corrected chi connectivity index (χ0v) is 12.3. The Kier molecular flexibility index (Phi) is 3.42. The molecule has 0 radical (unpaired) electrons. The number of rotatable bonds is 2. The Morgan fingerprint density at radius 3 is 2.65 bits per heavy atom. The fourth-order valence-electron chi connectivity index (χ4n) is 2.23. The van der Waals surface area contributed by atoms with Gasteiger partial charge in [-0.15, -0.1) is 0 Å². The number of imidazole rings is 1. The van der Waals surface area contributed by atoms with Gasteiger partial charge in [0.2, 0.25) is 0 Å². The standard InChI is InChI=1S/C15H12Cl2N2O/c1-9-2-5-14-18-15(13(8-20)19(14)7-9)10-3-4-11(16)12(17)6-10/h2-7,20H,8H2,1H3. The zero-order chi connectivity index (χ0) is 14.3. The summed E-state index contributed by atoms with van der Waals surface area (Å²) in [7, 11) is 0. The Morgan fingerprint density at radius 2 is 1.95 bits per heavy atom. The van der Waals surface area contributed by atoms with Gasteiger partial charge < -0.3 is 9.51 Å². The number of hydrogen-bond donors (Lipinski definition) is 1. The van der Waals surface area contributed by atoms with Crippen molar-refractivity contribution in [3.8, 4) is 11.3 Å². The summed E-state index contributed by atoms with van der Waals surface area (Å²) in [6.07, 6.45) is 1.95. The first-order valence-corrected chi connectivity index (χ1v) is 6.89. The fraction of sp³-hybridized carbons (Fsp3) is 0.133. The Hall–Kier alpha value is -1.55. The van der Waals surface area contributed by atoms with Crippen molar-refractivity contribution in [3.05, 3.63) is 57.8 Å². The highest BCUT2D eigenvalue weighted by molar-refractivity contribution is 6.42. The van der Waals surface area contributed by atoms with Gasteiger partial charge in [-0.1, -0.05) is 35.3 Å². The van der Waals surface area contributed by atoms with E-state index in [4.69, 9.17) is 23.2 Å². The van der Waals surface area contributed by atoms with Gasteiger partial charge in [0.05, 0.1) is 28.0 Å². The average Bonchev–Trinajstić information content (AvgIpc) is 2.79. The molecule has 2 heterocycles. The normalized spacial score (nSPS) is 11.2. The third-order valence-electron chi connectivity index (χ3n) is 3.21. The summed E-state index contributed by atoms with van der Waals surface area (Å²) in [5.41, 5.74) is 4.19. The van der Waals surface area contributed by atoms with Gasteiger partial charge in [-0.25, -0.2) is 4.98 Å². The number of benzene rings is 1. The van der Waals surface area contributed by atoms with E-state index in [-0.39, 0.29) is 6.61 Å². The Labute approximate surface area is 126 Å². The summed E-state index contributed by atoms with van der Waals surface area (Å²) in [4.78, 5) is 4.57. The van der Waals surface area contributed by atoms with Crippen LogP contribution >= 0.6 is 23.2 Å². The molecule has 0 amide bonds. The van der Waals surface area contributed by atoms with Crippen molar-refractivity contribution in [1.82, 2.24) is 9.38 Å². The van der Waals surface area contributed by atoms with Crippen molar-refractivity contribution in [2.75, 3.05) is 0 Å². The number of fused-ring (bicyclic) bond motifs is 1. The van der Waals surface area contributed by atoms with Crippen LogP contribution in [-0.2, 0) is 6.61 Å². The van der Waals surface area contributed by atoms with Gasteiger partial charge in [-0.3, -0.25) is 0 Å². The molecule has 3 rings (SSSR count). The zero-order valence-electron chi connectivity index (χ0n) is 10.8. The van der Waals surface area contributed by atoms with E-state index in [1.165, 1.54) is 0 Å². The topological polar surface area (TPSA) is 37.5 Å². The summed E-state index contributed by atoms with van der Waals surface area (Å²) < 4.78 is 1.90. The minimum atomic E-state index is -0.0970. The number of pyridine rings is 1. The van der Waals surface area contributed by atoms with Gasteiger partial charge in [0.1, 0.15) is 5.65 Å². The van der Waals surface area contributed by atoms with E-state index < -0.39 is 0 Å². The second-order valence-corrected chi connectivity index (χ2v) is 5.44. The number of aryl methyl sites for hydroxylation is 1. The molecule has 0 atom stereocenters. The van der Waals surface area contributed by atoms with Crippen molar-refractivity contribution >= 4 is 28.8 Å². The van der Waals surface area contributed by atoms with Gasteiger partial charge in [-0.2, -0.15) is 0 Å². The molecular formula is C15H12Cl2N2O. The molecule has 2 aromatic heterocycles. The van der Waals surface area contributed by atoms with Crippen LogP contribution in [0.3, 0.4) is 0 Å². The molecule has 0 spiro atoms. The van der Waals surface area contributed by atoms with Crippen molar-refractivity contribution in [1.29, 1.82) is 0 Å². The van der Waals surface area contributed by atoms with Crippen LogP contribution in [0.25, 0.3) is 16.9 Å². The molecule has 3 aromatic rings. The second-order valence-electron chi connectivity index (χ2n) is 4.63. The summed E-state index contributed by atoms with van der Waals surface area (Å²) in [5.74, 6) is 0. The van der Waals surface area contributed by atoms with Gasteiger partial charge in [0, 0.05) is 11.8 Å². The lowest BCUT2D eigenvalue weighted by atomic mass is 10.1. The van der Waals surface area contributed by atoms with E-state index in [2.05, 4.69) is 4.98 Å². The first kappa shape index (κ1) is 13.4. The van der Waals surface area contributed by atoms with E-state index in [9.17, 15) is 5.11 Å². The van der Waals surface area contributed by atoms with Crippen LogP contribution in [0.1, 0.15) is 11.3 Å². The number of aromatic nitrogens is 2. The van der Waals surface area contributed by atoms with Crippen LogP contribution < -0.4 is 0 Å². The minimum Gasteiger partial charge on any atom is -0.390 e. The number of halogens is 2. The number of aliphatic hydroxyl groups is 1. The van der Waals surface area contributed by atoms with Crippen LogP contribution in [0.5, 0.6) is 0 Å². The predicted octanol–water partition coefficient (Wildman–Crippen LogP) is 4.11. The van der Waals surface area contributed by atoms with Crippen LogP contribution in [0.4, 0.5) is 0 Å². The fourth-order valence-corrected chi connectivity index (χ4v) is 2.52. The predicted molar refractivity (Wildman–Crippen MR) is 81.3 cm³/mol.